The molecule has 1 N–H and O–H groups in total. The van der Waals surface area contributed by atoms with Gasteiger partial charge in [0.05, 0.1) is 23.5 Å². The first-order valence-electron chi connectivity index (χ1n) is 12.2. The van der Waals surface area contributed by atoms with E-state index in [4.69, 9.17) is 16.3 Å². The maximum atomic E-state index is 13.8. The van der Waals surface area contributed by atoms with Gasteiger partial charge >= 0.3 is 6.18 Å². The van der Waals surface area contributed by atoms with E-state index < -0.39 is 17.2 Å². The zero-order valence-electron chi connectivity index (χ0n) is 20.6. The highest BCUT2D eigenvalue weighted by Gasteiger charge is 2.47. The number of carbonyl (C=O) groups is 2. The second-order valence-corrected chi connectivity index (χ2v) is 10.6. The number of nitrogens with one attached hydrogen (secondary N) is 1. The van der Waals surface area contributed by atoms with Crippen LogP contribution in [0.3, 0.4) is 0 Å². The number of amides is 2. The first-order chi connectivity index (χ1) is 17.5. The molecule has 2 amide bonds. The van der Waals surface area contributed by atoms with Crippen molar-refractivity contribution in [2.45, 2.75) is 44.9 Å². The number of nitrogens with zero attached hydrogens (tertiary/aromatic N) is 3. The van der Waals surface area contributed by atoms with Gasteiger partial charge in [-0.1, -0.05) is 17.7 Å². The maximum Gasteiger partial charge on any atom is 0.417 e. The molecular weight excluding hydrogens is 509 g/mol. The van der Waals surface area contributed by atoms with E-state index in [2.05, 4.69) is 15.2 Å². The van der Waals surface area contributed by atoms with Crippen LogP contribution in [0.4, 0.5) is 18.9 Å². The van der Waals surface area contributed by atoms with E-state index in [0.29, 0.717) is 55.3 Å². The van der Waals surface area contributed by atoms with Crippen molar-refractivity contribution in [3.63, 3.8) is 0 Å². The lowest BCUT2D eigenvalue weighted by atomic mass is 9.85. The van der Waals surface area contributed by atoms with Crippen molar-refractivity contribution in [3.8, 4) is 0 Å². The van der Waals surface area contributed by atoms with Gasteiger partial charge in [0, 0.05) is 62.3 Å². The summed E-state index contributed by atoms with van der Waals surface area (Å²) in [6.45, 7) is 4.12. The lowest BCUT2D eigenvalue weighted by Gasteiger charge is -2.36. The summed E-state index contributed by atoms with van der Waals surface area (Å²) in [7, 11) is 1.55. The van der Waals surface area contributed by atoms with Gasteiger partial charge in [-0.25, -0.2) is 0 Å². The molecule has 4 heterocycles. The molecule has 0 radical (unpaired) electrons. The average Bonchev–Trinajstić information content (AvgIpc) is 3.38. The Morgan fingerprint density at radius 2 is 2.08 bits per heavy atom. The number of ether oxygens (including phenoxy) is 1. The fraction of sp³-hybridized carbons (Fsp3) is 0.500. The highest BCUT2D eigenvalue weighted by Crippen LogP contribution is 2.39. The molecule has 2 atom stereocenters. The molecule has 0 spiro atoms. The largest absolute Gasteiger partial charge is 0.417 e. The highest BCUT2D eigenvalue weighted by atomic mass is 35.5. The Labute approximate surface area is 217 Å². The summed E-state index contributed by atoms with van der Waals surface area (Å²) in [6, 6.07) is 4.82. The Balaban J connectivity index is 1.33. The van der Waals surface area contributed by atoms with Crippen molar-refractivity contribution in [1.29, 1.82) is 0 Å². The minimum atomic E-state index is -4.49. The minimum Gasteiger partial charge on any atom is -0.384 e. The zero-order valence-corrected chi connectivity index (χ0v) is 21.4. The number of hydrogen-bond donors (Lipinski definition) is 1. The molecule has 0 saturated carbocycles. The Morgan fingerprint density at radius 3 is 2.81 bits per heavy atom. The Kier molecular flexibility index (Phi) is 6.70. The minimum absolute atomic E-state index is 0.0604. The molecule has 5 rings (SSSR count). The van der Waals surface area contributed by atoms with E-state index in [1.54, 1.807) is 18.1 Å². The van der Waals surface area contributed by atoms with Crippen LogP contribution in [-0.4, -0.2) is 59.9 Å². The normalized spacial score (nSPS) is 23.7. The third-order valence-electron chi connectivity index (χ3n) is 7.69. The summed E-state index contributed by atoms with van der Waals surface area (Å²) >= 11 is 6.53. The second kappa shape index (κ2) is 9.56. The molecule has 2 aromatic rings. The number of fused-ring (bicyclic) bond motifs is 2. The first-order valence-corrected chi connectivity index (χ1v) is 12.6. The van der Waals surface area contributed by atoms with Gasteiger partial charge in [-0.3, -0.25) is 19.5 Å². The molecule has 1 aromatic carbocycles. The summed E-state index contributed by atoms with van der Waals surface area (Å²) in [4.78, 5) is 33.6. The summed E-state index contributed by atoms with van der Waals surface area (Å²) in [6.07, 6.45) is -2.67. The Hall–Kier alpha value is -2.69. The van der Waals surface area contributed by atoms with Crippen LogP contribution < -0.4 is 5.32 Å². The molecule has 1 saturated heterocycles. The lowest BCUT2D eigenvalue weighted by Crippen LogP contribution is -2.49. The number of aromatic nitrogens is 1. The number of carbonyl (C=O) groups excluding carboxylic acids is 2. The number of methoxy groups -OCH3 is 1. The lowest BCUT2D eigenvalue weighted by molar-refractivity contribution is -0.145. The number of benzene rings is 1. The quantitative estimate of drug-likeness (QED) is 0.619. The SMILES string of the molecule is COCC1(C(=O)N2CCc3ncc(C(F)(F)F)cc3C2)CCN(Cc2cc3c(cc2Cl)NC(=O)C3C)C1. The van der Waals surface area contributed by atoms with E-state index in [9.17, 15) is 22.8 Å². The Morgan fingerprint density at radius 1 is 1.30 bits per heavy atom. The molecule has 11 heteroatoms. The predicted molar refractivity (Wildman–Crippen MR) is 131 cm³/mol. The summed E-state index contributed by atoms with van der Waals surface area (Å²) in [5.41, 5.74) is 1.92. The fourth-order valence-corrected chi connectivity index (χ4v) is 5.88. The van der Waals surface area contributed by atoms with Crippen LogP contribution in [0.1, 0.15) is 47.2 Å². The van der Waals surface area contributed by atoms with Crippen LogP contribution in [0, 0.1) is 5.41 Å². The molecule has 0 aliphatic carbocycles. The highest BCUT2D eigenvalue weighted by molar-refractivity contribution is 6.32. The standard InChI is InChI=1S/C26H28ClF3N4O3/c1-15-19-8-16(20(27)9-22(19)32-23(15)35)11-33-6-4-25(13-33,14-37-2)24(36)34-5-3-21-17(12-34)7-18(10-31-21)26(28,29)30/h7-10,15H,3-6,11-14H2,1-2H3,(H,32,35). The van der Waals surface area contributed by atoms with Gasteiger partial charge in [-0.05, 0) is 48.7 Å². The number of rotatable bonds is 5. The maximum absolute atomic E-state index is 13.8. The molecule has 2 unspecified atom stereocenters. The molecule has 37 heavy (non-hydrogen) atoms. The summed E-state index contributed by atoms with van der Waals surface area (Å²) in [5.74, 6) is -0.439. The van der Waals surface area contributed by atoms with Crippen molar-refractivity contribution >= 4 is 29.1 Å². The van der Waals surface area contributed by atoms with Crippen molar-refractivity contribution in [1.82, 2.24) is 14.8 Å². The van der Waals surface area contributed by atoms with Gasteiger partial charge in [0.1, 0.15) is 0 Å². The van der Waals surface area contributed by atoms with E-state index in [1.807, 2.05) is 13.0 Å². The van der Waals surface area contributed by atoms with E-state index in [-0.39, 0.29) is 30.9 Å². The van der Waals surface area contributed by atoms with E-state index in [1.165, 1.54) is 0 Å². The number of pyridine rings is 1. The number of halogens is 4. The molecule has 3 aliphatic rings. The molecule has 198 valence electrons. The van der Waals surface area contributed by atoms with Gasteiger partial charge in [-0.2, -0.15) is 13.2 Å². The fourth-order valence-electron chi connectivity index (χ4n) is 5.66. The smallest absolute Gasteiger partial charge is 0.384 e. The van der Waals surface area contributed by atoms with E-state index >= 15 is 0 Å². The molecular formula is C26H28ClF3N4O3. The van der Waals surface area contributed by atoms with Crippen LogP contribution in [0.5, 0.6) is 0 Å². The first kappa shape index (κ1) is 25.9. The number of alkyl halides is 3. The van der Waals surface area contributed by atoms with Crippen LogP contribution in [0.15, 0.2) is 24.4 Å². The van der Waals surface area contributed by atoms with Crippen molar-refractivity contribution in [2.24, 2.45) is 5.41 Å². The molecule has 3 aliphatic heterocycles. The van der Waals surface area contributed by atoms with Crippen molar-refractivity contribution in [2.75, 3.05) is 38.7 Å². The van der Waals surface area contributed by atoms with E-state index in [0.717, 1.165) is 29.1 Å². The van der Waals surface area contributed by atoms with Crippen molar-refractivity contribution in [3.05, 3.63) is 57.4 Å². The van der Waals surface area contributed by atoms with Crippen molar-refractivity contribution < 1.29 is 27.5 Å². The van der Waals surface area contributed by atoms with Gasteiger partial charge in [0.2, 0.25) is 11.8 Å². The number of likely N-dealkylation sites (tertiary alicyclic amines) is 1. The monoisotopic (exact) mass is 536 g/mol. The van der Waals surface area contributed by atoms with Gasteiger partial charge < -0.3 is 15.0 Å². The Bertz CT molecular complexity index is 1250. The number of anilines is 1. The second-order valence-electron chi connectivity index (χ2n) is 10.2. The summed E-state index contributed by atoms with van der Waals surface area (Å²) in [5, 5.41) is 3.38. The molecule has 0 bridgehead atoms. The van der Waals surface area contributed by atoms with Crippen LogP contribution >= 0.6 is 11.6 Å². The molecule has 1 fully saturated rings. The third-order valence-corrected chi connectivity index (χ3v) is 8.04. The zero-order chi connectivity index (χ0) is 26.5. The topological polar surface area (TPSA) is 74.8 Å². The predicted octanol–water partition coefficient (Wildman–Crippen LogP) is 4.23. The van der Waals surface area contributed by atoms with Gasteiger partial charge in [0.25, 0.3) is 0 Å². The van der Waals surface area contributed by atoms with Gasteiger partial charge in [0.15, 0.2) is 0 Å². The van der Waals surface area contributed by atoms with Crippen LogP contribution in [0.2, 0.25) is 5.02 Å². The number of hydrogen-bond acceptors (Lipinski definition) is 5. The summed E-state index contributed by atoms with van der Waals surface area (Å²) < 4.78 is 45.1. The average molecular weight is 537 g/mol. The van der Waals surface area contributed by atoms with Crippen LogP contribution in [-0.2, 0) is 40.0 Å². The van der Waals surface area contributed by atoms with Crippen LogP contribution in [0.25, 0.3) is 0 Å². The van der Waals surface area contributed by atoms with Gasteiger partial charge in [-0.15, -0.1) is 0 Å². The molecule has 7 nitrogen and oxygen atoms in total. The molecule has 1 aromatic heterocycles. The third kappa shape index (κ3) is 4.82.